The summed E-state index contributed by atoms with van der Waals surface area (Å²) in [5.74, 6) is 0.734. The number of carbonyl (C=O) groups is 1. The maximum Gasteiger partial charge on any atom is 0.410 e. The van der Waals surface area contributed by atoms with E-state index in [2.05, 4.69) is 20.4 Å². The van der Waals surface area contributed by atoms with Gasteiger partial charge in [-0.2, -0.15) is 9.61 Å². The van der Waals surface area contributed by atoms with Gasteiger partial charge in [0.05, 0.1) is 6.20 Å². The first-order chi connectivity index (χ1) is 19.0. The molecule has 5 rings (SSSR count). The zero-order valence-electron chi connectivity index (χ0n) is 23.1. The van der Waals surface area contributed by atoms with Crippen LogP contribution in [0, 0.1) is 5.92 Å². The predicted octanol–water partition coefficient (Wildman–Crippen LogP) is 2.51. The Balaban J connectivity index is 1.41. The minimum absolute atomic E-state index is 0.137. The van der Waals surface area contributed by atoms with E-state index in [1.165, 1.54) is 0 Å². The van der Waals surface area contributed by atoms with Gasteiger partial charge < -0.3 is 25.0 Å². The van der Waals surface area contributed by atoms with Crippen LogP contribution in [-0.4, -0.2) is 77.3 Å². The Kier molecular flexibility index (Phi) is 8.07. The second kappa shape index (κ2) is 11.5. The van der Waals surface area contributed by atoms with E-state index in [0.717, 1.165) is 38.5 Å². The molecule has 2 aliphatic rings. The molecule has 4 heterocycles. The number of amides is 1. The first-order valence-electron chi connectivity index (χ1n) is 13.8. The maximum absolute atomic E-state index is 12.4. The van der Waals surface area contributed by atoms with Crippen LogP contribution >= 0.6 is 11.6 Å². The fraction of sp³-hybridized carbons (Fsp3) is 0.593. The van der Waals surface area contributed by atoms with E-state index in [1.54, 1.807) is 21.7 Å². The van der Waals surface area contributed by atoms with E-state index in [0.29, 0.717) is 47.7 Å². The lowest BCUT2D eigenvalue weighted by atomic mass is 9.95. The van der Waals surface area contributed by atoms with Crippen LogP contribution in [0.4, 0.5) is 10.6 Å². The smallest absolute Gasteiger partial charge is 0.410 e. The number of ether oxygens (including phenoxy) is 1. The number of imidazole rings is 1. The molecule has 2 fully saturated rings. The molecule has 1 saturated carbocycles. The Hall–Kier alpha value is -3.54. The molecule has 3 aromatic heterocycles. The maximum atomic E-state index is 12.4. The number of nitrogens with zero attached hydrogens (tertiary/aromatic N) is 5. The number of piperidine rings is 1. The molecule has 4 N–H and O–H groups in total. The van der Waals surface area contributed by atoms with E-state index in [4.69, 9.17) is 26.3 Å². The molecule has 1 amide bonds. The van der Waals surface area contributed by atoms with Gasteiger partial charge in [-0.15, -0.1) is 11.6 Å². The Labute approximate surface area is 236 Å². The molecule has 0 aromatic carbocycles. The summed E-state index contributed by atoms with van der Waals surface area (Å²) in [4.78, 5) is 40.4. The zero-order chi connectivity index (χ0) is 28.4. The van der Waals surface area contributed by atoms with Gasteiger partial charge in [0.15, 0.2) is 11.1 Å². The second-order valence-electron chi connectivity index (χ2n) is 11.7. The van der Waals surface area contributed by atoms with Crippen molar-refractivity contribution in [3.8, 4) is 5.88 Å². The molecular formula is C27H37ClN8O4. The number of hydrogen-bond donors (Lipinski definition) is 4. The molecule has 2 unspecified atom stereocenters. The Bertz CT molecular complexity index is 1530. The van der Waals surface area contributed by atoms with Crippen molar-refractivity contribution < 1.29 is 14.6 Å². The first-order valence-corrected chi connectivity index (χ1v) is 14.3. The number of alkyl halides is 1. The van der Waals surface area contributed by atoms with Crippen molar-refractivity contribution in [2.45, 2.75) is 76.3 Å². The average molecular weight is 573 g/mol. The largest absolute Gasteiger partial charge is 0.493 e. The molecule has 0 radical (unpaired) electrons. The summed E-state index contributed by atoms with van der Waals surface area (Å²) in [7, 11) is 0. The number of aromatic nitrogens is 5. The van der Waals surface area contributed by atoms with Crippen LogP contribution in [0.3, 0.4) is 0 Å². The van der Waals surface area contributed by atoms with Gasteiger partial charge in [-0.05, 0) is 71.3 Å². The van der Waals surface area contributed by atoms with Crippen molar-refractivity contribution in [1.82, 2.24) is 29.5 Å². The van der Waals surface area contributed by atoms with E-state index in [9.17, 15) is 14.7 Å². The Morgan fingerprint density at radius 1 is 1.27 bits per heavy atom. The number of anilines is 1. The number of carbonyl (C=O) groups excluding carboxylic acids is 1. The van der Waals surface area contributed by atoms with Gasteiger partial charge in [0.1, 0.15) is 17.1 Å². The third kappa shape index (κ3) is 6.78. The number of nitrogens with one attached hydrogen (secondary N) is 3. The SMILES string of the molecule is CC(C)(C)OC(=O)N1CCC(CN=c2cc(NC3CCCC(Cl)C3)nc3c(=Cc4[nH]c(=O)[nH]c4O)cnn23)CC1. The van der Waals surface area contributed by atoms with Crippen LogP contribution in [-0.2, 0) is 4.74 Å². The monoisotopic (exact) mass is 572 g/mol. The summed E-state index contributed by atoms with van der Waals surface area (Å²) in [5, 5.41) is 18.8. The number of hydrogen-bond acceptors (Lipinski definition) is 8. The molecule has 0 spiro atoms. The van der Waals surface area contributed by atoms with Crippen molar-refractivity contribution in [1.29, 1.82) is 0 Å². The van der Waals surface area contributed by atoms with Gasteiger partial charge in [0, 0.05) is 42.3 Å². The lowest BCUT2D eigenvalue weighted by Gasteiger charge is -2.32. The number of aromatic amines is 2. The number of fused-ring (bicyclic) bond motifs is 1. The van der Waals surface area contributed by atoms with Gasteiger partial charge in [-0.1, -0.05) is 0 Å². The van der Waals surface area contributed by atoms with Crippen molar-refractivity contribution in [3.05, 3.63) is 39.1 Å². The number of H-pyrrole nitrogens is 2. The van der Waals surface area contributed by atoms with Crippen LogP contribution in [0.15, 0.2) is 22.1 Å². The van der Waals surface area contributed by atoms with Crippen molar-refractivity contribution >= 4 is 35.2 Å². The van der Waals surface area contributed by atoms with Gasteiger partial charge in [0.25, 0.3) is 0 Å². The average Bonchev–Trinajstić information content (AvgIpc) is 3.43. The Morgan fingerprint density at radius 3 is 2.73 bits per heavy atom. The molecule has 40 heavy (non-hydrogen) atoms. The van der Waals surface area contributed by atoms with Crippen molar-refractivity contribution in [2.75, 3.05) is 25.0 Å². The van der Waals surface area contributed by atoms with Gasteiger partial charge in [0.2, 0.25) is 5.88 Å². The highest BCUT2D eigenvalue weighted by molar-refractivity contribution is 6.20. The highest BCUT2D eigenvalue weighted by atomic mass is 35.5. The number of likely N-dealkylation sites (tertiary alicyclic amines) is 1. The Morgan fingerprint density at radius 2 is 2.05 bits per heavy atom. The predicted molar refractivity (Wildman–Crippen MR) is 151 cm³/mol. The van der Waals surface area contributed by atoms with E-state index < -0.39 is 11.3 Å². The molecule has 2 atom stereocenters. The van der Waals surface area contributed by atoms with Gasteiger partial charge in [-0.25, -0.2) is 14.6 Å². The zero-order valence-corrected chi connectivity index (χ0v) is 23.9. The van der Waals surface area contributed by atoms with E-state index in [-0.39, 0.29) is 29.1 Å². The third-order valence-corrected chi connectivity index (χ3v) is 7.65. The summed E-state index contributed by atoms with van der Waals surface area (Å²) in [6.45, 7) is 7.46. The molecular weight excluding hydrogens is 536 g/mol. The molecule has 3 aromatic rings. The summed E-state index contributed by atoms with van der Waals surface area (Å²) in [6.07, 6.45) is 8.58. The summed E-state index contributed by atoms with van der Waals surface area (Å²) >= 11 is 6.43. The van der Waals surface area contributed by atoms with Crippen LogP contribution in [0.25, 0.3) is 11.7 Å². The highest BCUT2D eigenvalue weighted by Gasteiger charge is 2.27. The van der Waals surface area contributed by atoms with Crippen LogP contribution < -0.4 is 21.7 Å². The van der Waals surface area contributed by atoms with E-state index in [1.807, 2.05) is 26.8 Å². The molecule has 1 saturated heterocycles. The molecule has 12 nitrogen and oxygen atoms in total. The molecule has 13 heteroatoms. The van der Waals surface area contributed by atoms with Gasteiger partial charge >= 0.3 is 11.8 Å². The van der Waals surface area contributed by atoms with Crippen LogP contribution in [0.1, 0.15) is 65.0 Å². The first kappa shape index (κ1) is 28.0. The summed E-state index contributed by atoms with van der Waals surface area (Å²) < 4.78 is 7.18. The quantitative estimate of drug-likeness (QED) is 0.343. The molecule has 216 valence electrons. The van der Waals surface area contributed by atoms with Crippen molar-refractivity contribution in [3.63, 3.8) is 0 Å². The van der Waals surface area contributed by atoms with Crippen molar-refractivity contribution in [2.24, 2.45) is 10.9 Å². The topological polar surface area (TPSA) is 153 Å². The van der Waals surface area contributed by atoms with Crippen LogP contribution in [0.5, 0.6) is 5.88 Å². The minimum atomic E-state index is -0.515. The number of aromatic hydroxyl groups is 1. The molecule has 1 aliphatic carbocycles. The van der Waals surface area contributed by atoms with E-state index >= 15 is 0 Å². The fourth-order valence-electron chi connectivity index (χ4n) is 5.22. The lowest BCUT2D eigenvalue weighted by Crippen LogP contribution is -2.42. The molecule has 0 bridgehead atoms. The molecule has 1 aliphatic heterocycles. The highest BCUT2D eigenvalue weighted by Crippen LogP contribution is 2.25. The number of rotatable bonds is 5. The van der Waals surface area contributed by atoms with Gasteiger partial charge in [-0.3, -0.25) is 9.98 Å². The normalized spacial score (nSPS) is 21.8. The third-order valence-electron chi connectivity index (χ3n) is 7.26. The summed E-state index contributed by atoms with van der Waals surface area (Å²) in [6, 6.07) is 2.10. The lowest BCUT2D eigenvalue weighted by molar-refractivity contribution is 0.0186. The second-order valence-corrected chi connectivity index (χ2v) is 12.3. The summed E-state index contributed by atoms with van der Waals surface area (Å²) in [5.41, 5.74) is 0.415. The number of halogens is 1. The van der Waals surface area contributed by atoms with Crippen LogP contribution in [0.2, 0.25) is 0 Å². The minimum Gasteiger partial charge on any atom is -0.493 e. The standard InChI is InChI=1S/C27H37ClN8O4/c1-27(2,3)40-26(39)35-9-7-16(8-10-35)14-29-22-13-21(31-19-6-4-5-18(28)12-19)33-23-17(15-30-36(22)23)11-20-24(37)34-25(38)32-20/h11,13,15-16,18-19,31,37H,4-10,12,14H2,1-3H3,(H2,32,34,38). The fourth-order valence-corrected chi connectivity index (χ4v) is 5.59.